The molecule has 13 heavy (non-hydrogen) atoms. The maximum absolute atomic E-state index is 13.1. The summed E-state index contributed by atoms with van der Waals surface area (Å²) in [5, 5.41) is 0. The molecule has 0 aromatic rings. The van der Waals surface area contributed by atoms with Crippen molar-refractivity contribution in [2.45, 2.75) is 44.1 Å². The first-order valence-electron chi connectivity index (χ1n) is 4.67. The van der Waals surface area contributed by atoms with Gasteiger partial charge in [0.15, 0.2) is 0 Å². The average molecular weight is 189 g/mol. The smallest absolute Gasteiger partial charge is 0.267 e. The number of amides is 1. The molecule has 0 saturated carbocycles. The van der Waals surface area contributed by atoms with Gasteiger partial charge in [-0.05, 0) is 12.8 Å². The van der Waals surface area contributed by atoms with Crippen LogP contribution in [0.15, 0.2) is 0 Å². The molecule has 0 radical (unpaired) electrons. The van der Waals surface area contributed by atoms with Crippen LogP contribution in [0.3, 0.4) is 0 Å². The van der Waals surface area contributed by atoms with Gasteiger partial charge >= 0.3 is 0 Å². The zero-order chi connectivity index (χ0) is 9.69. The summed E-state index contributed by atoms with van der Waals surface area (Å²) in [4.78, 5) is 12.7. The summed E-state index contributed by atoms with van der Waals surface area (Å²) in [6, 6.07) is 0. The van der Waals surface area contributed by atoms with Gasteiger partial charge < -0.3 is 4.90 Å². The van der Waals surface area contributed by atoms with E-state index in [4.69, 9.17) is 0 Å². The average Bonchev–Trinajstić information content (AvgIpc) is 2.47. The van der Waals surface area contributed by atoms with Gasteiger partial charge in [-0.1, -0.05) is 6.92 Å². The lowest BCUT2D eigenvalue weighted by Crippen LogP contribution is -2.39. The van der Waals surface area contributed by atoms with Crippen LogP contribution in [0.25, 0.3) is 0 Å². The third-order valence-electron chi connectivity index (χ3n) is 3.31. The highest BCUT2D eigenvalue weighted by molar-refractivity contribution is 5.80. The fraction of sp³-hybridized carbons (Fsp3) is 0.889. The van der Waals surface area contributed by atoms with Crippen LogP contribution in [0.5, 0.6) is 0 Å². The van der Waals surface area contributed by atoms with Gasteiger partial charge in [-0.25, -0.2) is 8.78 Å². The molecule has 0 aliphatic carbocycles. The van der Waals surface area contributed by atoms with Gasteiger partial charge in [-0.15, -0.1) is 0 Å². The maximum atomic E-state index is 13.1. The van der Waals surface area contributed by atoms with Crippen LogP contribution >= 0.6 is 0 Å². The predicted molar refractivity (Wildman–Crippen MR) is 43.5 cm³/mol. The van der Waals surface area contributed by atoms with Crippen molar-refractivity contribution < 1.29 is 13.6 Å². The van der Waals surface area contributed by atoms with Crippen LogP contribution in [0.2, 0.25) is 0 Å². The molecular weight excluding hydrogens is 176 g/mol. The lowest BCUT2D eigenvalue weighted by molar-refractivity contribution is -0.130. The molecule has 4 heteroatoms. The van der Waals surface area contributed by atoms with Gasteiger partial charge in [0.1, 0.15) is 0 Å². The van der Waals surface area contributed by atoms with Crippen LogP contribution in [0.4, 0.5) is 8.78 Å². The van der Waals surface area contributed by atoms with Crippen LogP contribution in [-0.4, -0.2) is 28.8 Å². The number of alkyl halides is 2. The second-order valence-electron chi connectivity index (χ2n) is 4.09. The molecule has 2 saturated heterocycles. The Morgan fingerprint density at radius 2 is 2.23 bits per heavy atom. The molecule has 2 fully saturated rings. The monoisotopic (exact) mass is 189 g/mol. The number of rotatable bonds is 1. The first-order chi connectivity index (χ1) is 5.99. The van der Waals surface area contributed by atoms with Gasteiger partial charge in [-0.3, -0.25) is 4.79 Å². The standard InChI is InChI=1S/C9H13F2NO/c1-2-8-4-3-7(13)12(8)6-9(10,11)5-8/h2-6H2,1H3/t8-/m0/s1. The number of halogens is 2. The van der Waals surface area contributed by atoms with Crippen LogP contribution in [-0.2, 0) is 4.79 Å². The number of hydrogen-bond acceptors (Lipinski definition) is 1. The highest BCUT2D eigenvalue weighted by atomic mass is 19.3. The molecule has 0 N–H and O–H groups in total. The van der Waals surface area contributed by atoms with Crippen molar-refractivity contribution in [3.63, 3.8) is 0 Å². The Morgan fingerprint density at radius 3 is 2.77 bits per heavy atom. The Morgan fingerprint density at radius 1 is 1.54 bits per heavy atom. The van der Waals surface area contributed by atoms with E-state index in [-0.39, 0.29) is 18.9 Å². The van der Waals surface area contributed by atoms with Gasteiger partial charge in [0.2, 0.25) is 5.91 Å². The molecule has 0 spiro atoms. The summed E-state index contributed by atoms with van der Waals surface area (Å²) in [6.07, 6.45) is 1.57. The van der Waals surface area contributed by atoms with E-state index >= 15 is 0 Å². The Hall–Kier alpha value is -0.670. The molecule has 1 amide bonds. The molecule has 74 valence electrons. The predicted octanol–water partition coefficient (Wildman–Crippen LogP) is 1.80. The van der Waals surface area contributed by atoms with E-state index in [1.165, 1.54) is 4.90 Å². The van der Waals surface area contributed by atoms with Gasteiger partial charge in [0.25, 0.3) is 5.92 Å². The fourth-order valence-electron chi connectivity index (χ4n) is 2.58. The molecule has 1 atom stereocenters. The Kier molecular flexibility index (Phi) is 1.66. The van der Waals surface area contributed by atoms with Crippen molar-refractivity contribution in [1.29, 1.82) is 0 Å². The zero-order valence-electron chi connectivity index (χ0n) is 7.65. The summed E-state index contributed by atoms with van der Waals surface area (Å²) < 4.78 is 26.2. The SMILES string of the molecule is CC[C@@]12CCC(=O)N1CC(F)(F)C2. The lowest BCUT2D eigenvalue weighted by atomic mass is 9.90. The molecule has 0 bridgehead atoms. The van der Waals surface area contributed by atoms with E-state index in [0.717, 1.165) is 0 Å². The van der Waals surface area contributed by atoms with Crippen molar-refractivity contribution in [2.75, 3.05) is 6.54 Å². The molecule has 2 nitrogen and oxygen atoms in total. The maximum Gasteiger partial charge on any atom is 0.267 e. The molecular formula is C9H13F2NO. The fourth-order valence-corrected chi connectivity index (χ4v) is 2.58. The van der Waals surface area contributed by atoms with Gasteiger partial charge in [0, 0.05) is 18.4 Å². The summed E-state index contributed by atoms with van der Waals surface area (Å²) >= 11 is 0. The molecule has 2 heterocycles. The summed E-state index contributed by atoms with van der Waals surface area (Å²) in [5.41, 5.74) is -0.513. The first kappa shape index (κ1) is 8.91. The Bertz CT molecular complexity index is 254. The second-order valence-corrected chi connectivity index (χ2v) is 4.09. The molecule has 0 unspecified atom stereocenters. The first-order valence-corrected chi connectivity index (χ1v) is 4.67. The third-order valence-corrected chi connectivity index (χ3v) is 3.31. The number of fused-ring (bicyclic) bond motifs is 1. The van der Waals surface area contributed by atoms with Crippen molar-refractivity contribution in [2.24, 2.45) is 0 Å². The van der Waals surface area contributed by atoms with Gasteiger partial charge in [0.05, 0.1) is 6.54 Å². The Labute approximate surface area is 75.9 Å². The topological polar surface area (TPSA) is 20.3 Å². The summed E-state index contributed by atoms with van der Waals surface area (Å²) in [5.74, 6) is -2.76. The van der Waals surface area contributed by atoms with Crippen molar-refractivity contribution in [3.05, 3.63) is 0 Å². The van der Waals surface area contributed by atoms with E-state index in [1.54, 1.807) is 0 Å². The Balaban J connectivity index is 2.29. The minimum Gasteiger partial charge on any atom is -0.331 e. The van der Waals surface area contributed by atoms with Crippen molar-refractivity contribution >= 4 is 5.91 Å². The lowest BCUT2D eigenvalue weighted by Gasteiger charge is -2.29. The summed E-state index contributed by atoms with van der Waals surface area (Å²) in [6.45, 7) is 1.52. The van der Waals surface area contributed by atoms with E-state index in [9.17, 15) is 13.6 Å². The van der Waals surface area contributed by atoms with Crippen LogP contribution in [0.1, 0.15) is 32.6 Å². The number of carbonyl (C=O) groups excluding carboxylic acids is 1. The molecule has 0 aromatic carbocycles. The summed E-state index contributed by atoms with van der Waals surface area (Å²) in [7, 11) is 0. The number of carbonyl (C=O) groups is 1. The molecule has 2 rings (SSSR count). The van der Waals surface area contributed by atoms with E-state index < -0.39 is 11.5 Å². The van der Waals surface area contributed by atoms with Gasteiger partial charge in [-0.2, -0.15) is 0 Å². The van der Waals surface area contributed by atoms with E-state index in [1.807, 2.05) is 6.92 Å². The van der Waals surface area contributed by atoms with Crippen LogP contribution < -0.4 is 0 Å². The largest absolute Gasteiger partial charge is 0.331 e. The number of nitrogens with zero attached hydrogens (tertiary/aromatic N) is 1. The normalized spacial score (nSPS) is 36.8. The molecule has 2 aliphatic rings. The van der Waals surface area contributed by atoms with E-state index in [0.29, 0.717) is 19.3 Å². The number of hydrogen-bond donors (Lipinski definition) is 0. The van der Waals surface area contributed by atoms with Crippen molar-refractivity contribution in [3.8, 4) is 0 Å². The molecule has 2 aliphatic heterocycles. The molecule has 0 aromatic heterocycles. The highest BCUT2D eigenvalue weighted by Gasteiger charge is 2.58. The second kappa shape index (κ2) is 2.42. The quantitative estimate of drug-likeness (QED) is 0.616. The zero-order valence-corrected chi connectivity index (χ0v) is 7.65. The minimum atomic E-state index is -2.66. The minimum absolute atomic E-state index is 0.0981. The van der Waals surface area contributed by atoms with Crippen molar-refractivity contribution in [1.82, 2.24) is 4.90 Å². The van der Waals surface area contributed by atoms with Crippen LogP contribution in [0, 0.1) is 0 Å². The van der Waals surface area contributed by atoms with E-state index in [2.05, 4.69) is 0 Å². The third kappa shape index (κ3) is 1.15. The highest BCUT2D eigenvalue weighted by Crippen LogP contribution is 2.47.